The van der Waals surface area contributed by atoms with Crippen molar-refractivity contribution in [2.75, 3.05) is 11.1 Å². The molecule has 0 aliphatic carbocycles. The highest BCUT2D eigenvalue weighted by Crippen LogP contribution is 2.27. The first-order valence-corrected chi connectivity index (χ1v) is 7.48. The number of nitrogens with one attached hydrogen (secondary N) is 1. The summed E-state index contributed by atoms with van der Waals surface area (Å²) in [5.74, 6) is -0.354. The van der Waals surface area contributed by atoms with Gasteiger partial charge in [0.05, 0.1) is 9.13 Å². The minimum absolute atomic E-state index is 0.00559. The quantitative estimate of drug-likeness (QED) is 0.456. The fourth-order valence-corrected chi connectivity index (χ4v) is 3.35. The van der Waals surface area contributed by atoms with E-state index in [9.17, 15) is 9.90 Å². The summed E-state index contributed by atoms with van der Waals surface area (Å²) in [5.41, 5.74) is 7.10. The number of phenolic OH excluding ortho intramolecular Hbond substituents is 1. The second-order valence-corrected chi connectivity index (χ2v) is 6.27. The Morgan fingerprint density at radius 3 is 2.42 bits per heavy atom. The van der Waals surface area contributed by atoms with Crippen LogP contribution < -0.4 is 11.1 Å². The van der Waals surface area contributed by atoms with Crippen molar-refractivity contribution in [3.05, 3.63) is 49.1 Å². The number of anilines is 2. The molecule has 4 N–H and O–H groups in total. The van der Waals surface area contributed by atoms with Gasteiger partial charge in [0.25, 0.3) is 5.91 Å². The zero-order chi connectivity index (χ0) is 14.0. The Morgan fingerprint density at radius 2 is 1.79 bits per heavy atom. The lowest BCUT2D eigenvalue weighted by Gasteiger charge is -2.09. The number of nitrogen functional groups attached to an aromatic ring is 1. The van der Waals surface area contributed by atoms with E-state index in [1.54, 1.807) is 36.4 Å². The van der Waals surface area contributed by atoms with E-state index in [4.69, 9.17) is 5.73 Å². The van der Waals surface area contributed by atoms with E-state index in [-0.39, 0.29) is 17.2 Å². The Hall–Kier alpha value is -1.03. The highest BCUT2D eigenvalue weighted by molar-refractivity contribution is 14.1. The van der Waals surface area contributed by atoms with E-state index < -0.39 is 0 Å². The number of hydrogen-bond acceptors (Lipinski definition) is 3. The van der Waals surface area contributed by atoms with Crippen molar-refractivity contribution < 1.29 is 9.90 Å². The van der Waals surface area contributed by atoms with E-state index >= 15 is 0 Å². The van der Waals surface area contributed by atoms with Crippen LogP contribution >= 0.6 is 45.2 Å². The van der Waals surface area contributed by atoms with Crippen LogP contribution in [-0.4, -0.2) is 11.0 Å². The number of benzene rings is 2. The van der Waals surface area contributed by atoms with Gasteiger partial charge in [-0.2, -0.15) is 0 Å². The maximum atomic E-state index is 12.1. The van der Waals surface area contributed by atoms with Gasteiger partial charge in [0, 0.05) is 14.9 Å². The molecule has 1 amide bonds. The lowest BCUT2D eigenvalue weighted by Crippen LogP contribution is -2.12. The molecule has 19 heavy (non-hydrogen) atoms. The molecule has 0 saturated heterocycles. The zero-order valence-corrected chi connectivity index (χ0v) is 14.0. The van der Waals surface area contributed by atoms with Gasteiger partial charge < -0.3 is 16.2 Å². The molecule has 0 fully saturated rings. The fraction of sp³-hybridized carbons (Fsp3) is 0. The number of hydrogen-bond donors (Lipinski definition) is 3. The summed E-state index contributed by atoms with van der Waals surface area (Å²) >= 11 is 4.10. The number of aromatic hydroxyl groups is 1. The molecule has 0 aliphatic rings. The normalized spacial score (nSPS) is 10.2. The number of nitrogens with two attached hydrogens (primary N) is 1. The smallest absolute Gasteiger partial charge is 0.259 e. The van der Waals surface area contributed by atoms with Gasteiger partial charge in [0.15, 0.2) is 0 Å². The number of phenols is 1. The molecule has 2 aromatic carbocycles. The molecule has 4 nitrogen and oxygen atoms in total. The Kier molecular flexibility index (Phi) is 4.50. The number of carbonyl (C=O) groups is 1. The van der Waals surface area contributed by atoms with E-state index in [0.29, 0.717) is 14.9 Å². The third-order valence-electron chi connectivity index (χ3n) is 2.44. The second kappa shape index (κ2) is 5.95. The van der Waals surface area contributed by atoms with Gasteiger partial charge >= 0.3 is 0 Å². The lowest BCUT2D eigenvalue weighted by atomic mass is 10.2. The molecule has 0 saturated carbocycles. The predicted molar refractivity (Wildman–Crippen MR) is 92.3 cm³/mol. The fourth-order valence-electron chi connectivity index (χ4n) is 1.50. The average Bonchev–Trinajstić information content (AvgIpc) is 2.36. The van der Waals surface area contributed by atoms with Crippen LogP contribution in [0.2, 0.25) is 0 Å². The van der Waals surface area contributed by atoms with Crippen molar-refractivity contribution >= 4 is 62.5 Å². The SMILES string of the molecule is Nc1ccc(NC(=O)c2cc(I)cc(I)c2O)cc1. The number of halogens is 2. The highest BCUT2D eigenvalue weighted by Gasteiger charge is 2.15. The molecule has 0 heterocycles. The lowest BCUT2D eigenvalue weighted by molar-refractivity contribution is 0.102. The number of rotatable bonds is 2. The highest BCUT2D eigenvalue weighted by atomic mass is 127. The van der Waals surface area contributed by atoms with E-state index in [1.165, 1.54) is 0 Å². The molecule has 0 bridgehead atoms. The van der Waals surface area contributed by atoms with Crippen molar-refractivity contribution in [3.8, 4) is 5.75 Å². The molecular weight excluding hydrogens is 470 g/mol. The zero-order valence-electron chi connectivity index (χ0n) is 9.65. The van der Waals surface area contributed by atoms with E-state index in [0.717, 1.165) is 3.57 Å². The van der Waals surface area contributed by atoms with Crippen LogP contribution in [0, 0.1) is 7.14 Å². The van der Waals surface area contributed by atoms with E-state index in [1.807, 2.05) is 22.6 Å². The van der Waals surface area contributed by atoms with Crippen molar-refractivity contribution in [2.24, 2.45) is 0 Å². The first kappa shape index (κ1) is 14.4. The van der Waals surface area contributed by atoms with Gasteiger partial charge in [-0.25, -0.2) is 0 Å². The molecule has 6 heteroatoms. The summed E-state index contributed by atoms with van der Waals surface area (Å²) in [7, 11) is 0. The topological polar surface area (TPSA) is 75.3 Å². The van der Waals surface area contributed by atoms with Crippen LogP contribution in [0.15, 0.2) is 36.4 Å². The minimum atomic E-state index is -0.348. The van der Waals surface area contributed by atoms with Crippen LogP contribution in [0.5, 0.6) is 5.75 Å². The first-order valence-electron chi connectivity index (χ1n) is 5.32. The van der Waals surface area contributed by atoms with Gasteiger partial charge in [-0.05, 0) is 81.6 Å². The molecule has 2 aromatic rings. The maximum Gasteiger partial charge on any atom is 0.259 e. The predicted octanol–water partition coefficient (Wildman–Crippen LogP) is 3.44. The van der Waals surface area contributed by atoms with Crippen molar-refractivity contribution in [2.45, 2.75) is 0 Å². The Morgan fingerprint density at radius 1 is 1.16 bits per heavy atom. The summed E-state index contributed by atoms with van der Waals surface area (Å²) in [5, 5.41) is 12.6. The molecule has 98 valence electrons. The van der Waals surface area contributed by atoms with Gasteiger partial charge in [0.2, 0.25) is 0 Å². The standard InChI is InChI=1S/C13H10I2N2O2/c14-7-5-10(12(18)11(15)6-7)13(19)17-9-3-1-8(16)2-4-9/h1-6,18H,16H2,(H,17,19). The third kappa shape index (κ3) is 3.50. The summed E-state index contributed by atoms with van der Waals surface area (Å²) in [4.78, 5) is 12.1. The summed E-state index contributed by atoms with van der Waals surface area (Å²) in [6.45, 7) is 0. The van der Waals surface area contributed by atoms with Crippen LogP contribution in [-0.2, 0) is 0 Å². The first-order chi connectivity index (χ1) is 8.97. The van der Waals surface area contributed by atoms with Crippen molar-refractivity contribution in [3.63, 3.8) is 0 Å². The number of carbonyl (C=O) groups excluding carboxylic acids is 1. The molecule has 0 unspecified atom stereocenters. The molecule has 0 aromatic heterocycles. The Balaban J connectivity index is 2.27. The van der Waals surface area contributed by atoms with E-state index in [2.05, 4.69) is 27.9 Å². The van der Waals surface area contributed by atoms with Gasteiger partial charge in [-0.1, -0.05) is 0 Å². The minimum Gasteiger partial charge on any atom is -0.506 e. The van der Waals surface area contributed by atoms with Gasteiger partial charge in [-0.15, -0.1) is 0 Å². The average molecular weight is 480 g/mol. The van der Waals surface area contributed by atoms with Crippen LogP contribution in [0.25, 0.3) is 0 Å². The van der Waals surface area contributed by atoms with Crippen LogP contribution in [0.3, 0.4) is 0 Å². The maximum absolute atomic E-state index is 12.1. The van der Waals surface area contributed by atoms with Crippen molar-refractivity contribution in [1.82, 2.24) is 0 Å². The molecule has 2 rings (SSSR count). The molecule has 0 spiro atoms. The third-order valence-corrected chi connectivity index (χ3v) is 3.89. The summed E-state index contributed by atoms with van der Waals surface area (Å²) in [6, 6.07) is 10.3. The second-order valence-electron chi connectivity index (χ2n) is 3.86. The molecule has 0 aliphatic heterocycles. The Bertz CT molecular complexity index is 627. The molecular formula is C13H10I2N2O2. The number of amides is 1. The van der Waals surface area contributed by atoms with Gasteiger partial charge in [-0.3, -0.25) is 4.79 Å². The monoisotopic (exact) mass is 480 g/mol. The molecule has 0 radical (unpaired) electrons. The summed E-state index contributed by atoms with van der Waals surface area (Å²) in [6.07, 6.45) is 0. The molecule has 0 atom stereocenters. The Labute approximate surface area is 137 Å². The summed E-state index contributed by atoms with van der Waals surface area (Å²) < 4.78 is 1.54. The van der Waals surface area contributed by atoms with Gasteiger partial charge in [0.1, 0.15) is 5.75 Å². The van der Waals surface area contributed by atoms with Crippen molar-refractivity contribution in [1.29, 1.82) is 0 Å². The largest absolute Gasteiger partial charge is 0.506 e. The van der Waals surface area contributed by atoms with Crippen LogP contribution in [0.1, 0.15) is 10.4 Å². The van der Waals surface area contributed by atoms with Crippen LogP contribution in [0.4, 0.5) is 11.4 Å².